The van der Waals surface area contributed by atoms with Crippen molar-refractivity contribution >= 4 is 0 Å². The van der Waals surface area contributed by atoms with E-state index in [1.54, 1.807) is 12.2 Å². The highest BCUT2D eigenvalue weighted by molar-refractivity contribution is 5.25. The summed E-state index contributed by atoms with van der Waals surface area (Å²) in [6.45, 7) is 19.8. The third-order valence-corrected chi connectivity index (χ3v) is 1.74. The summed E-state index contributed by atoms with van der Waals surface area (Å²) < 4.78 is 5.52. The van der Waals surface area contributed by atoms with Gasteiger partial charge in [0.05, 0.1) is 0 Å². The normalized spacial score (nSPS) is 8.40. The van der Waals surface area contributed by atoms with Crippen LogP contribution in [0, 0.1) is 0 Å². The molecule has 0 aromatic heterocycles. The molecule has 0 aliphatic rings. The smallest absolute Gasteiger partial charge is 0.119 e. The monoisotopic (exact) mass is 276 g/mol. The lowest BCUT2D eigenvalue weighted by Gasteiger charge is -2.05. The van der Waals surface area contributed by atoms with Crippen LogP contribution in [0.15, 0.2) is 67.3 Å². The van der Waals surface area contributed by atoms with Gasteiger partial charge in [-0.2, -0.15) is 0 Å². The third kappa shape index (κ3) is 14.3. The van der Waals surface area contributed by atoms with Crippen molar-refractivity contribution in [3.63, 3.8) is 0 Å². The fourth-order valence-electron chi connectivity index (χ4n) is 1.01. The van der Waals surface area contributed by atoms with E-state index in [-0.39, 0.29) is 0 Å². The Kier molecular flexibility index (Phi) is 26.2. The maximum atomic E-state index is 5.52. The average Bonchev–Trinajstić information content (AvgIpc) is 2.58. The Morgan fingerprint density at radius 1 is 0.950 bits per heavy atom. The Morgan fingerprint density at radius 3 is 1.85 bits per heavy atom. The molecule has 1 heteroatoms. The van der Waals surface area contributed by atoms with Crippen LogP contribution in [0.4, 0.5) is 0 Å². The van der Waals surface area contributed by atoms with E-state index in [0.717, 1.165) is 11.3 Å². The van der Waals surface area contributed by atoms with Crippen LogP contribution < -0.4 is 4.74 Å². The van der Waals surface area contributed by atoms with E-state index < -0.39 is 0 Å². The highest BCUT2D eigenvalue weighted by Crippen LogP contribution is 2.10. The first-order valence-electron chi connectivity index (χ1n) is 7.48. The standard InChI is InChI=1S/C13H14O.3C2H6/c1-3-8-12(4-2)11-14-13-9-6-5-7-10-13;3*1-2/h3-10H,1-2,11H2;3*1-2H3/b12-8+;;;. The van der Waals surface area contributed by atoms with Crippen molar-refractivity contribution in [2.75, 3.05) is 6.61 Å². The maximum Gasteiger partial charge on any atom is 0.119 e. The van der Waals surface area contributed by atoms with Gasteiger partial charge in [0, 0.05) is 0 Å². The molecule has 0 radical (unpaired) electrons. The molecule has 0 amide bonds. The molecule has 1 nitrogen and oxygen atoms in total. The van der Waals surface area contributed by atoms with Crippen LogP contribution >= 0.6 is 0 Å². The highest BCUT2D eigenvalue weighted by atomic mass is 16.5. The van der Waals surface area contributed by atoms with Crippen LogP contribution in [0.25, 0.3) is 0 Å². The molecule has 1 aromatic carbocycles. The molecule has 0 spiro atoms. The number of hydrogen-bond donors (Lipinski definition) is 0. The third-order valence-electron chi connectivity index (χ3n) is 1.74. The summed E-state index contributed by atoms with van der Waals surface area (Å²) in [5.74, 6) is 0.865. The first-order valence-corrected chi connectivity index (χ1v) is 7.48. The lowest BCUT2D eigenvalue weighted by Crippen LogP contribution is -1.98. The van der Waals surface area contributed by atoms with Crippen LogP contribution in [0.3, 0.4) is 0 Å². The summed E-state index contributed by atoms with van der Waals surface area (Å²) in [5.41, 5.74) is 1.02. The molecule has 0 aliphatic carbocycles. The van der Waals surface area contributed by atoms with E-state index in [0.29, 0.717) is 6.61 Å². The molecule has 0 atom stereocenters. The van der Waals surface area contributed by atoms with E-state index >= 15 is 0 Å². The molecular weight excluding hydrogens is 244 g/mol. The number of benzene rings is 1. The number of allylic oxidation sites excluding steroid dienone is 2. The van der Waals surface area contributed by atoms with Crippen LogP contribution in [0.2, 0.25) is 0 Å². The predicted molar refractivity (Wildman–Crippen MR) is 94.5 cm³/mol. The van der Waals surface area contributed by atoms with Gasteiger partial charge in [0.1, 0.15) is 12.4 Å². The molecule has 114 valence electrons. The zero-order chi connectivity index (χ0) is 16.2. The SMILES string of the molecule is C=C/C=C(\C=C)COc1ccccc1.CC.CC.CC. The second kappa shape index (κ2) is 22.4. The van der Waals surface area contributed by atoms with Crippen molar-refractivity contribution in [1.82, 2.24) is 0 Å². The van der Waals surface area contributed by atoms with Crippen molar-refractivity contribution in [3.8, 4) is 5.75 Å². The van der Waals surface area contributed by atoms with Crippen molar-refractivity contribution < 1.29 is 4.74 Å². The second-order valence-corrected chi connectivity index (χ2v) is 2.78. The Labute approximate surface area is 126 Å². The molecule has 0 heterocycles. The zero-order valence-corrected chi connectivity index (χ0v) is 14.1. The van der Waals surface area contributed by atoms with Gasteiger partial charge in [0.25, 0.3) is 0 Å². The Hall–Kier alpha value is -1.76. The van der Waals surface area contributed by atoms with E-state index in [1.807, 2.05) is 78.0 Å². The summed E-state index contributed by atoms with van der Waals surface area (Å²) >= 11 is 0. The summed E-state index contributed by atoms with van der Waals surface area (Å²) in [5, 5.41) is 0. The lowest BCUT2D eigenvalue weighted by molar-refractivity contribution is 0.355. The number of ether oxygens (including phenoxy) is 1. The molecule has 0 saturated carbocycles. The van der Waals surface area contributed by atoms with Gasteiger partial charge in [-0.1, -0.05) is 91.1 Å². The number of hydrogen-bond acceptors (Lipinski definition) is 1. The van der Waals surface area contributed by atoms with Crippen molar-refractivity contribution in [1.29, 1.82) is 0 Å². The molecule has 0 bridgehead atoms. The van der Waals surface area contributed by atoms with Crippen molar-refractivity contribution in [3.05, 3.63) is 67.3 Å². The number of para-hydroxylation sites is 1. The van der Waals surface area contributed by atoms with Gasteiger partial charge in [-0.15, -0.1) is 0 Å². The van der Waals surface area contributed by atoms with Crippen molar-refractivity contribution in [2.45, 2.75) is 41.5 Å². The molecule has 0 N–H and O–H groups in total. The molecule has 0 saturated heterocycles. The zero-order valence-electron chi connectivity index (χ0n) is 14.1. The topological polar surface area (TPSA) is 9.23 Å². The Balaban J connectivity index is -0.000000425. The van der Waals surface area contributed by atoms with Crippen LogP contribution in [0.1, 0.15) is 41.5 Å². The minimum atomic E-state index is 0.527. The van der Waals surface area contributed by atoms with E-state index in [1.165, 1.54) is 0 Å². The van der Waals surface area contributed by atoms with Gasteiger partial charge in [-0.3, -0.25) is 0 Å². The summed E-state index contributed by atoms with van der Waals surface area (Å²) in [4.78, 5) is 0. The predicted octanol–water partition coefficient (Wildman–Crippen LogP) is 6.44. The van der Waals surface area contributed by atoms with Crippen LogP contribution in [-0.4, -0.2) is 6.61 Å². The fourth-order valence-corrected chi connectivity index (χ4v) is 1.01. The molecule has 0 unspecified atom stereocenters. The Morgan fingerprint density at radius 2 is 1.45 bits per heavy atom. The quantitative estimate of drug-likeness (QED) is 0.562. The fraction of sp³-hybridized carbons (Fsp3) is 0.368. The molecule has 0 fully saturated rings. The average molecular weight is 276 g/mol. The van der Waals surface area contributed by atoms with Crippen molar-refractivity contribution in [2.24, 2.45) is 0 Å². The van der Waals surface area contributed by atoms with E-state index in [4.69, 9.17) is 4.74 Å². The lowest BCUT2D eigenvalue weighted by atomic mass is 10.2. The first kappa shape index (κ1) is 23.3. The van der Waals surface area contributed by atoms with Gasteiger partial charge < -0.3 is 4.74 Å². The molecular formula is C19H32O. The highest BCUT2D eigenvalue weighted by Gasteiger charge is 1.93. The Bertz CT molecular complexity index is 323. The minimum Gasteiger partial charge on any atom is -0.489 e. The maximum absolute atomic E-state index is 5.52. The molecule has 20 heavy (non-hydrogen) atoms. The summed E-state index contributed by atoms with van der Waals surface area (Å²) in [6.07, 6.45) is 5.38. The van der Waals surface area contributed by atoms with Gasteiger partial charge in [0.15, 0.2) is 0 Å². The van der Waals surface area contributed by atoms with Crippen LogP contribution in [-0.2, 0) is 0 Å². The molecule has 1 rings (SSSR count). The largest absolute Gasteiger partial charge is 0.489 e. The van der Waals surface area contributed by atoms with Gasteiger partial charge >= 0.3 is 0 Å². The van der Waals surface area contributed by atoms with Gasteiger partial charge in [-0.25, -0.2) is 0 Å². The second-order valence-electron chi connectivity index (χ2n) is 2.78. The first-order chi connectivity index (χ1) is 9.86. The molecule has 0 aliphatic heterocycles. The van der Waals surface area contributed by atoms with Gasteiger partial charge in [-0.05, 0) is 17.7 Å². The van der Waals surface area contributed by atoms with Crippen LogP contribution in [0.5, 0.6) is 5.75 Å². The summed E-state index contributed by atoms with van der Waals surface area (Å²) in [7, 11) is 0. The summed E-state index contributed by atoms with van der Waals surface area (Å²) in [6, 6.07) is 9.70. The van der Waals surface area contributed by atoms with E-state index in [2.05, 4.69) is 13.2 Å². The molecule has 1 aromatic rings. The van der Waals surface area contributed by atoms with Gasteiger partial charge in [0.2, 0.25) is 0 Å². The minimum absolute atomic E-state index is 0.527. The number of rotatable bonds is 5. The van der Waals surface area contributed by atoms with E-state index in [9.17, 15) is 0 Å².